The molecule has 0 saturated carbocycles. The van der Waals surface area contributed by atoms with Gasteiger partial charge in [0.15, 0.2) is 6.10 Å². The number of rotatable bonds is 7. The highest BCUT2D eigenvalue weighted by atomic mass is 35.5. The molecule has 1 amide bonds. The van der Waals surface area contributed by atoms with Gasteiger partial charge in [0, 0.05) is 15.7 Å². The summed E-state index contributed by atoms with van der Waals surface area (Å²) in [4.78, 5) is 12.1. The van der Waals surface area contributed by atoms with E-state index in [-0.39, 0.29) is 22.8 Å². The smallest absolute Gasteiger partial charge is 0.277 e. The largest absolute Gasteiger partial charge is 0.479 e. The fourth-order valence-electron chi connectivity index (χ4n) is 2.25. The van der Waals surface area contributed by atoms with E-state index in [1.807, 2.05) is 13.0 Å². The van der Waals surface area contributed by atoms with Gasteiger partial charge in [0.05, 0.1) is 10.8 Å². The van der Waals surface area contributed by atoms with Crippen molar-refractivity contribution >= 4 is 58.2 Å². The van der Waals surface area contributed by atoms with Crippen LogP contribution in [-0.2, 0) is 4.79 Å². The second-order valence-electron chi connectivity index (χ2n) is 6.04. The Labute approximate surface area is 186 Å². The van der Waals surface area contributed by atoms with Crippen LogP contribution in [0.2, 0.25) is 15.1 Å². The minimum atomic E-state index is -0.529. The standard InChI is InChI=1S/C19H16Cl3N3O3S/c1-10-3-5-13(8-14(10)21)23-17(26)9-29-19-25-24-18(28-19)11(2)27-16-6-4-12(20)7-15(16)22/h3-8,11H,9H2,1-2H3,(H,23,26)/t11-/m1/s1. The number of amides is 1. The molecule has 3 aromatic rings. The summed E-state index contributed by atoms with van der Waals surface area (Å²) in [6.07, 6.45) is -0.529. The Balaban J connectivity index is 1.54. The summed E-state index contributed by atoms with van der Waals surface area (Å²) in [6.45, 7) is 3.64. The lowest BCUT2D eigenvalue weighted by atomic mass is 10.2. The number of aryl methyl sites for hydroxylation is 1. The van der Waals surface area contributed by atoms with Gasteiger partial charge in [-0.25, -0.2) is 0 Å². The summed E-state index contributed by atoms with van der Waals surface area (Å²) in [5, 5.41) is 12.4. The number of carbonyl (C=O) groups is 1. The van der Waals surface area contributed by atoms with Gasteiger partial charge in [0.25, 0.3) is 11.1 Å². The molecule has 0 aliphatic heterocycles. The first-order valence-corrected chi connectivity index (χ1v) is 10.6. The van der Waals surface area contributed by atoms with Crippen LogP contribution in [-0.4, -0.2) is 21.9 Å². The third-order valence-electron chi connectivity index (χ3n) is 3.75. The lowest BCUT2D eigenvalue weighted by Gasteiger charge is -2.12. The lowest BCUT2D eigenvalue weighted by molar-refractivity contribution is -0.113. The predicted molar refractivity (Wildman–Crippen MR) is 115 cm³/mol. The maximum absolute atomic E-state index is 12.1. The fourth-order valence-corrected chi connectivity index (χ4v) is 3.45. The van der Waals surface area contributed by atoms with Crippen LogP contribution in [0.5, 0.6) is 5.75 Å². The summed E-state index contributed by atoms with van der Waals surface area (Å²) >= 11 is 19.2. The molecule has 0 fully saturated rings. The van der Waals surface area contributed by atoms with Crippen LogP contribution in [0.15, 0.2) is 46.0 Å². The normalized spacial score (nSPS) is 11.9. The average molecular weight is 473 g/mol. The van der Waals surface area contributed by atoms with Crippen LogP contribution in [0.3, 0.4) is 0 Å². The number of halogens is 3. The summed E-state index contributed by atoms with van der Waals surface area (Å²) in [6, 6.07) is 10.2. The molecular weight excluding hydrogens is 457 g/mol. The fraction of sp³-hybridized carbons (Fsp3) is 0.211. The minimum absolute atomic E-state index is 0.103. The van der Waals surface area contributed by atoms with Crippen molar-refractivity contribution in [1.29, 1.82) is 0 Å². The summed E-state index contributed by atoms with van der Waals surface area (Å²) < 4.78 is 11.3. The number of aromatic nitrogens is 2. The van der Waals surface area contributed by atoms with Crippen LogP contribution in [0.4, 0.5) is 5.69 Å². The van der Waals surface area contributed by atoms with Crippen molar-refractivity contribution in [3.8, 4) is 5.75 Å². The summed E-state index contributed by atoms with van der Waals surface area (Å²) in [5.74, 6) is 0.606. The molecule has 1 N–H and O–H groups in total. The van der Waals surface area contributed by atoms with Crippen LogP contribution < -0.4 is 10.1 Å². The van der Waals surface area contributed by atoms with E-state index >= 15 is 0 Å². The highest BCUT2D eigenvalue weighted by molar-refractivity contribution is 7.99. The maximum atomic E-state index is 12.1. The van der Waals surface area contributed by atoms with Crippen molar-refractivity contribution in [2.24, 2.45) is 0 Å². The first-order chi connectivity index (χ1) is 13.8. The molecule has 1 aromatic heterocycles. The Hall–Kier alpha value is -1.93. The molecular formula is C19H16Cl3N3O3S. The van der Waals surface area contributed by atoms with E-state index in [4.69, 9.17) is 44.0 Å². The number of carbonyl (C=O) groups excluding carboxylic acids is 1. The molecule has 3 rings (SSSR count). The Morgan fingerprint density at radius 1 is 1.17 bits per heavy atom. The zero-order valence-corrected chi connectivity index (χ0v) is 18.5. The van der Waals surface area contributed by atoms with E-state index in [1.54, 1.807) is 37.3 Å². The van der Waals surface area contributed by atoms with Gasteiger partial charge < -0.3 is 14.5 Å². The third-order valence-corrected chi connectivity index (χ3v) is 5.51. The molecule has 0 radical (unpaired) electrons. The molecule has 0 aliphatic rings. The second kappa shape index (κ2) is 9.71. The van der Waals surface area contributed by atoms with Crippen molar-refractivity contribution in [1.82, 2.24) is 10.2 Å². The topological polar surface area (TPSA) is 77.2 Å². The monoisotopic (exact) mass is 471 g/mol. The van der Waals surface area contributed by atoms with Crippen molar-refractivity contribution in [3.63, 3.8) is 0 Å². The van der Waals surface area contributed by atoms with Gasteiger partial charge in [0.2, 0.25) is 5.91 Å². The second-order valence-corrected chi connectivity index (χ2v) is 8.22. The van der Waals surface area contributed by atoms with Gasteiger partial charge in [-0.05, 0) is 49.7 Å². The maximum Gasteiger partial charge on any atom is 0.277 e. The zero-order valence-electron chi connectivity index (χ0n) is 15.4. The number of hydrogen-bond donors (Lipinski definition) is 1. The van der Waals surface area contributed by atoms with Crippen LogP contribution in [0, 0.1) is 6.92 Å². The van der Waals surface area contributed by atoms with E-state index < -0.39 is 6.10 Å². The Bertz CT molecular complexity index is 1030. The van der Waals surface area contributed by atoms with Gasteiger partial charge in [-0.3, -0.25) is 4.79 Å². The van der Waals surface area contributed by atoms with Gasteiger partial charge in [0.1, 0.15) is 5.75 Å². The van der Waals surface area contributed by atoms with E-state index in [0.717, 1.165) is 17.3 Å². The van der Waals surface area contributed by atoms with E-state index in [0.29, 0.717) is 26.5 Å². The number of benzene rings is 2. The Kier molecular flexibility index (Phi) is 7.29. The van der Waals surface area contributed by atoms with Crippen molar-refractivity contribution < 1.29 is 13.9 Å². The quantitative estimate of drug-likeness (QED) is 0.412. The molecule has 0 aliphatic carbocycles. The van der Waals surface area contributed by atoms with E-state index in [2.05, 4.69) is 15.5 Å². The molecule has 10 heteroatoms. The number of ether oxygens (including phenoxy) is 1. The highest BCUT2D eigenvalue weighted by Crippen LogP contribution is 2.31. The molecule has 29 heavy (non-hydrogen) atoms. The van der Waals surface area contributed by atoms with E-state index in [1.165, 1.54) is 0 Å². The number of anilines is 1. The molecule has 2 aromatic carbocycles. The van der Waals surface area contributed by atoms with Gasteiger partial charge in [-0.2, -0.15) is 0 Å². The van der Waals surface area contributed by atoms with Crippen LogP contribution >= 0.6 is 46.6 Å². The SMILES string of the molecule is Cc1ccc(NC(=O)CSc2nnc([C@@H](C)Oc3ccc(Cl)cc3Cl)o2)cc1Cl. The Morgan fingerprint density at radius 2 is 1.97 bits per heavy atom. The average Bonchev–Trinajstić information content (AvgIpc) is 3.14. The molecule has 1 heterocycles. The Morgan fingerprint density at radius 3 is 2.69 bits per heavy atom. The number of thioether (sulfide) groups is 1. The molecule has 0 unspecified atom stereocenters. The van der Waals surface area contributed by atoms with Crippen molar-refractivity contribution in [2.45, 2.75) is 25.2 Å². The molecule has 0 saturated heterocycles. The molecule has 1 atom stereocenters. The zero-order chi connectivity index (χ0) is 21.0. The number of nitrogens with one attached hydrogen (secondary N) is 1. The minimum Gasteiger partial charge on any atom is -0.479 e. The number of hydrogen-bond acceptors (Lipinski definition) is 6. The highest BCUT2D eigenvalue weighted by Gasteiger charge is 2.18. The van der Waals surface area contributed by atoms with Crippen LogP contribution in [0.25, 0.3) is 0 Å². The first-order valence-electron chi connectivity index (χ1n) is 8.45. The number of nitrogens with zero attached hydrogens (tertiary/aromatic N) is 2. The lowest BCUT2D eigenvalue weighted by Crippen LogP contribution is -2.14. The summed E-state index contributed by atoms with van der Waals surface area (Å²) in [5.41, 5.74) is 1.56. The van der Waals surface area contributed by atoms with Gasteiger partial charge in [-0.1, -0.05) is 52.6 Å². The van der Waals surface area contributed by atoms with Gasteiger partial charge in [-0.15, -0.1) is 10.2 Å². The molecule has 152 valence electrons. The van der Waals surface area contributed by atoms with Gasteiger partial charge >= 0.3 is 0 Å². The van der Waals surface area contributed by atoms with Crippen molar-refractivity contribution in [2.75, 3.05) is 11.1 Å². The molecule has 0 spiro atoms. The third kappa shape index (κ3) is 6.02. The predicted octanol–water partition coefficient (Wildman–Crippen LogP) is 6.21. The first kappa shape index (κ1) is 21.8. The van der Waals surface area contributed by atoms with Crippen LogP contribution in [0.1, 0.15) is 24.5 Å². The van der Waals surface area contributed by atoms with Crippen molar-refractivity contribution in [3.05, 3.63) is 62.9 Å². The molecule has 0 bridgehead atoms. The molecule has 6 nitrogen and oxygen atoms in total. The summed E-state index contributed by atoms with van der Waals surface area (Å²) in [7, 11) is 0. The van der Waals surface area contributed by atoms with E-state index in [9.17, 15) is 4.79 Å².